The van der Waals surface area contributed by atoms with Crippen LogP contribution in [0.5, 0.6) is 5.75 Å². The summed E-state index contributed by atoms with van der Waals surface area (Å²) in [4.78, 5) is 24.2. The molecule has 2 aromatic rings. The van der Waals surface area contributed by atoms with E-state index in [2.05, 4.69) is 5.32 Å². The fourth-order valence-corrected chi connectivity index (χ4v) is 2.28. The van der Waals surface area contributed by atoms with Gasteiger partial charge in [-0.1, -0.05) is 37.3 Å². The van der Waals surface area contributed by atoms with Crippen molar-refractivity contribution in [1.82, 2.24) is 0 Å². The van der Waals surface area contributed by atoms with Crippen molar-refractivity contribution in [3.8, 4) is 5.75 Å². The van der Waals surface area contributed by atoms with Gasteiger partial charge >= 0.3 is 5.97 Å². The maximum Gasteiger partial charge on any atom is 0.340 e. The number of esters is 1. The summed E-state index contributed by atoms with van der Waals surface area (Å²) in [6.45, 7) is 4.66. The lowest BCUT2D eigenvalue weighted by molar-refractivity contribution is -0.111. The van der Waals surface area contributed by atoms with Crippen molar-refractivity contribution in [2.75, 3.05) is 18.5 Å². The molecular formula is C21H23NO4. The van der Waals surface area contributed by atoms with Crippen molar-refractivity contribution in [3.05, 3.63) is 65.7 Å². The van der Waals surface area contributed by atoms with E-state index in [1.807, 2.05) is 31.2 Å². The van der Waals surface area contributed by atoms with Crippen LogP contribution in [0.2, 0.25) is 0 Å². The lowest BCUT2D eigenvalue weighted by Crippen LogP contribution is -2.13. The summed E-state index contributed by atoms with van der Waals surface area (Å²) >= 11 is 0. The first kappa shape index (κ1) is 19.2. The van der Waals surface area contributed by atoms with Crippen LogP contribution >= 0.6 is 0 Å². The summed E-state index contributed by atoms with van der Waals surface area (Å²) < 4.78 is 10.7. The van der Waals surface area contributed by atoms with E-state index in [0.29, 0.717) is 17.9 Å². The second-order valence-electron chi connectivity index (χ2n) is 5.47. The Labute approximate surface area is 153 Å². The molecule has 26 heavy (non-hydrogen) atoms. The van der Waals surface area contributed by atoms with Crippen molar-refractivity contribution in [3.63, 3.8) is 0 Å². The van der Waals surface area contributed by atoms with Gasteiger partial charge < -0.3 is 14.8 Å². The summed E-state index contributed by atoms with van der Waals surface area (Å²) in [5, 5.41) is 2.72. The largest absolute Gasteiger partial charge is 0.493 e. The van der Waals surface area contributed by atoms with Crippen LogP contribution in [0, 0.1) is 0 Å². The zero-order valence-corrected chi connectivity index (χ0v) is 15.0. The number of hydrogen-bond acceptors (Lipinski definition) is 4. The average molecular weight is 353 g/mol. The number of carbonyl (C=O) groups excluding carboxylic acids is 2. The van der Waals surface area contributed by atoms with Gasteiger partial charge in [0, 0.05) is 11.6 Å². The van der Waals surface area contributed by atoms with Crippen LogP contribution in [0.15, 0.2) is 54.6 Å². The Morgan fingerprint density at radius 2 is 1.77 bits per heavy atom. The van der Waals surface area contributed by atoms with Crippen LogP contribution < -0.4 is 10.1 Å². The highest BCUT2D eigenvalue weighted by Crippen LogP contribution is 2.20. The van der Waals surface area contributed by atoms with Crippen LogP contribution in [0.25, 0.3) is 6.08 Å². The SMILES string of the molecule is CCCOc1ccccc1C=CC(=O)Nc1ccccc1C(=O)OCC. The zero-order chi connectivity index (χ0) is 18.8. The Hall–Kier alpha value is -3.08. The number of anilines is 1. The van der Waals surface area contributed by atoms with Crippen LogP contribution in [0.3, 0.4) is 0 Å². The molecule has 0 fully saturated rings. The monoisotopic (exact) mass is 353 g/mol. The quantitative estimate of drug-likeness (QED) is 0.567. The van der Waals surface area contributed by atoms with Gasteiger partial charge in [-0.05, 0) is 37.6 Å². The Morgan fingerprint density at radius 3 is 2.54 bits per heavy atom. The molecule has 0 saturated carbocycles. The number of para-hydroxylation sites is 2. The lowest BCUT2D eigenvalue weighted by atomic mass is 10.1. The molecule has 0 spiro atoms. The number of carbonyl (C=O) groups is 2. The van der Waals surface area contributed by atoms with Crippen LogP contribution in [-0.2, 0) is 9.53 Å². The van der Waals surface area contributed by atoms with Crippen molar-refractivity contribution < 1.29 is 19.1 Å². The summed E-state index contributed by atoms with van der Waals surface area (Å²) in [6.07, 6.45) is 4.01. The van der Waals surface area contributed by atoms with Gasteiger partial charge in [0.15, 0.2) is 0 Å². The highest BCUT2D eigenvalue weighted by atomic mass is 16.5. The van der Waals surface area contributed by atoms with E-state index in [4.69, 9.17) is 9.47 Å². The second kappa shape index (κ2) is 10.0. The van der Waals surface area contributed by atoms with Crippen LogP contribution in [0.4, 0.5) is 5.69 Å². The van der Waals surface area contributed by atoms with Gasteiger partial charge in [0.1, 0.15) is 5.75 Å². The first-order chi connectivity index (χ1) is 12.7. The van der Waals surface area contributed by atoms with E-state index in [9.17, 15) is 9.59 Å². The Bertz CT molecular complexity index is 783. The fraction of sp³-hybridized carbons (Fsp3) is 0.238. The minimum atomic E-state index is -0.467. The number of benzene rings is 2. The van der Waals surface area contributed by atoms with Crippen molar-refractivity contribution >= 4 is 23.6 Å². The lowest BCUT2D eigenvalue weighted by Gasteiger charge is -2.09. The molecule has 0 atom stereocenters. The number of hydrogen-bond donors (Lipinski definition) is 1. The summed E-state index contributed by atoms with van der Waals surface area (Å²) in [6, 6.07) is 14.3. The Kier molecular flexibility index (Phi) is 7.43. The average Bonchev–Trinajstić information content (AvgIpc) is 2.66. The van der Waals surface area contributed by atoms with Crippen LogP contribution in [-0.4, -0.2) is 25.1 Å². The molecule has 2 aromatic carbocycles. The first-order valence-electron chi connectivity index (χ1n) is 8.62. The zero-order valence-electron chi connectivity index (χ0n) is 15.0. The molecule has 0 bridgehead atoms. The maximum absolute atomic E-state index is 12.3. The predicted octanol–water partition coefficient (Wildman–Crippen LogP) is 4.30. The van der Waals surface area contributed by atoms with Gasteiger partial charge in [0.25, 0.3) is 0 Å². The Morgan fingerprint density at radius 1 is 1.04 bits per heavy atom. The molecule has 0 saturated heterocycles. The molecule has 0 aliphatic carbocycles. The topological polar surface area (TPSA) is 64.6 Å². The maximum atomic E-state index is 12.3. The minimum absolute atomic E-state index is 0.273. The van der Waals surface area contributed by atoms with Crippen molar-refractivity contribution in [2.45, 2.75) is 20.3 Å². The van der Waals surface area contributed by atoms with E-state index >= 15 is 0 Å². The third-order valence-corrected chi connectivity index (χ3v) is 3.48. The highest BCUT2D eigenvalue weighted by molar-refractivity contribution is 6.06. The molecule has 1 N–H and O–H groups in total. The molecule has 0 heterocycles. The number of nitrogens with one attached hydrogen (secondary N) is 1. The van der Waals surface area contributed by atoms with E-state index in [1.165, 1.54) is 6.08 Å². The Balaban J connectivity index is 2.10. The number of ether oxygens (including phenoxy) is 2. The van der Waals surface area contributed by atoms with Gasteiger partial charge in [0.05, 0.1) is 24.5 Å². The molecule has 0 unspecified atom stereocenters. The van der Waals surface area contributed by atoms with E-state index in [1.54, 1.807) is 37.3 Å². The van der Waals surface area contributed by atoms with Gasteiger partial charge in [-0.3, -0.25) is 4.79 Å². The van der Waals surface area contributed by atoms with Gasteiger partial charge in [0.2, 0.25) is 5.91 Å². The van der Waals surface area contributed by atoms with E-state index < -0.39 is 5.97 Å². The van der Waals surface area contributed by atoms with Gasteiger partial charge in [-0.2, -0.15) is 0 Å². The van der Waals surface area contributed by atoms with E-state index in [0.717, 1.165) is 17.7 Å². The second-order valence-corrected chi connectivity index (χ2v) is 5.47. The normalized spacial score (nSPS) is 10.5. The molecule has 1 amide bonds. The fourth-order valence-electron chi connectivity index (χ4n) is 2.28. The molecule has 136 valence electrons. The van der Waals surface area contributed by atoms with Crippen LogP contribution in [0.1, 0.15) is 36.2 Å². The van der Waals surface area contributed by atoms with Gasteiger partial charge in [-0.15, -0.1) is 0 Å². The third-order valence-electron chi connectivity index (χ3n) is 3.48. The molecule has 5 heteroatoms. The summed E-state index contributed by atoms with van der Waals surface area (Å²) in [7, 11) is 0. The first-order valence-corrected chi connectivity index (χ1v) is 8.62. The number of rotatable bonds is 8. The van der Waals surface area contributed by atoms with Crippen molar-refractivity contribution in [1.29, 1.82) is 0 Å². The minimum Gasteiger partial charge on any atom is -0.493 e. The molecule has 0 aliphatic heterocycles. The van der Waals surface area contributed by atoms with Gasteiger partial charge in [-0.25, -0.2) is 4.79 Å². The standard InChI is InChI=1S/C21H23NO4/c1-3-15-26-19-12-8-5-9-16(19)13-14-20(23)22-18-11-7-6-10-17(18)21(24)25-4-2/h5-14H,3-4,15H2,1-2H3,(H,22,23). The van der Waals surface area contributed by atoms with E-state index in [-0.39, 0.29) is 12.5 Å². The summed E-state index contributed by atoms with van der Waals surface area (Å²) in [5.74, 6) is -0.0805. The number of amides is 1. The third kappa shape index (κ3) is 5.48. The van der Waals surface area contributed by atoms with Crippen molar-refractivity contribution in [2.24, 2.45) is 0 Å². The highest BCUT2D eigenvalue weighted by Gasteiger charge is 2.12. The molecular weight excluding hydrogens is 330 g/mol. The molecule has 0 aromatic heterocycles. The molecule has 5 nitrogen and oxygen atoms in total. The molecule has 2 rings (SSSR count). The molecule has 0 aliphatic rings. The predicted molar refractivity (Wildman–Crippen MR) is 102 cm³/mol. The molecule has 0 radical (unpaired) electrons. The smallest absolute Gasteiger partial charge is 0.340 e. The summed E-state index contributed by atoms with van der Waals surface area (Å²) in [5.41, 5.74) is 1.55.